The molecule has 0 saturated heterocycles. The molecule has 25 heavy (non-hydrogen) atoms. The number of nitrogens with zero attached hydrogens (tertiary/aromatic N) is 1. The Morgan fingerprint density at radius 1 is 0.920 bits per heavy atom. The molecular weight excluding hydrogens is 423 g/mol. The minimum absolute atomic E-state index is 0.358. The van der Waals surface area contributed by atoms with Gasteiger partial charge in [0, 0.05) is 21.5 Å². The molecule has 1 aliphatic rings. The van der Waals surface area contributed by atoms with E-state index in [0.717, 1.165) is 16.7 Å². The fourth-order valence-electron chi connectivity index (χ4n) is 3.30. The molecule has 0 fully saturated rings. The average molecular weight is 432 g/mol. The van der Waals surface area contributed by atoms with Gasteiger partial charge in [-0.05, 0) is 59.8 Å². The SMILES string of the molecule is O=C(Cl)c1c2c(nc3c(Cl)cc(Cl)cc13)-c1cc(Cl)c(Cl)cc1CC2. The molecule has 0 radical (unpaired) electrons. The van der Waals surface area contributed by atoms with Crippen LogP contribution < -0.4 is 0 Å². The molecule has 126 valence electrons. The molecule has 0 N–H and O–H groups in total. The predicted octanol–water partition coefficient (Wildman–Crippen LogP) is 6.99. The van der Waals surface area contributed by atoms with Crippen LogP contribution in [0.3, 0.4) is 0 Å². The van der Waals surface area contributed by atoms with E-state index in [9.17, 15) is 4.79 Å². The van der Waals surface area contributed by atoms with Gasteiger partial charge in [0.1, 0.15) is 0 Å². The molecule has 2 nitrogen and oxygen atoms in total. The number of carbonyl (C=O) groups excluding carboxylic acids is 1. The molecule has 1 heterocycles. The average Bonchev–Trinajstić information content (AvgIpc) is 2.54. The molecule has 0 spiro atoms. The van der Waals surface area contributed by atoms with Gasteiger partial charge in [-0.15, -0.1) is 0 Å². The van der Waals surface area contributed by atoms with E-state index >= 15 is 0 Å². The van der Waals surface area contributed by atoms with Gasteiger partial charge in [0.15, 0.2) is 0 Å². The van der Waals surface area contributed by atoms with E-state index in [4.69, 9.17) is 63.0 Å². The molecular formula is C18H8Cl5NO. The zero-order valence-corrected chi connectivity index (χ0v) is 16.2. The number of fused-ring (bicyclic) bond motifs is 4. The van der Waals surface area contributed by atoms with E-state index in [0.29, 0.717) is 55.1 Å². The maximum Gasteiger partial charge on any atom is 0.253 e. The van der Waals surface area contributed by atoms with Gasteiger partial charge in [-0.3, -0.25) is 4.79 Å². The highest BCUT2D eigenvalue weighted by atomic mass is 35.5. The monoisotopic (exact) mass is 429 g/mol. The van der Waals surface area contributed by atoms with Gasteiger partial charge in [-0.25, -0.2) is 4.98 Å². The van der Waals surface area contributed by atoms with Crippen LogP contribution in [0, 0.1) is 0 Å². The van der Waals surface area contributed by atoms with Crippen molar-refractivity contribution in [1.29, 1.82) is 0 Å². The van der Waals surface area contributed by atoms with Gasteiger partial charge in [-0.2, -0.15) is 0 Å². The van der Waals surface area contributed by atoms with Crippen molar-refractivity contribution in [2.24, 2.45) is 0 Å². The van der Waals surface area contributed by atoms with Crippen LogP contribution in [0.5, 0.6) is 0 Å². The number of carbonyl (C=O) groups is 1. The van der Waals surface area contributed by atoms with Crippen molar-refractivity contribution >= 4 is 74.2 Å². The van der Waals surface area contributed by atoms with Crippen molar-refractivity contribution in [3.05, 3.63) is 61.0 Å². The second kappa shape index (κ2) is 6.29. The molecule has 0 aliphatic heterocycles. The normalized spacial score (nSPS) is 12.8. The second-order valence-corrected chi connectivity index (χ2v) is 7.80. The Bertz CT molecular complexity index is 1080. The largest absolute Gasteiger partial charge is 0.276 e. The zero-order valence-electron chi connectivity index (χ0n) is 12.5. The molecule has 0 atom stereocenters. The number of hydrogen-bond acceptors (Lipinski definition) is 2. The molecule has 1 aromatic heterocycles. The highest BCUT2D eigenvalue weighted by molar-refractivity contribution is 6.69. The van der Waals surface area contributed by atoms with Gasteiger partial charge < -0.3 is 0 Å². The lowest BCUT2D eigenvalue weighted by atomic mass is 9.85. The van der Waals surface area contributed by atoms with Crippen molar-refractivity contribution in [3.63, 3.8) is 0 Å². The summed E-state index contributed by atoms with van der Waals surface area (Å²) >= 11 is 30.6. The molecule has 0 bridgehead atoms. The van der Waals surface area contributed by atoms with Gasteiger partial charge in [-0.1, -0.05) is 46.4 Å². The first-order valence-electron chi connectivity index (χ1n) is 7.36. The van der Waals surface area contributed by atoms with E-state index in [-0.39, 0.29) is 0 Å². The van der Waals surface area contributed by atoms with E-state index in [1.54, 1.807) is 18.2 Å². The molecule has 1 aliphatic carbocycles. The highest BCUT2D eigenvalue weighted by Gasteiger charge is 2.26. The summed E-state index contributed by atoms with van der Waals surface area (Å²) < 4.78 is 0. The molecule has 3 aromatic rings. The Kier molecular flexibility index (Phi) is 4.38. The number of pyridine rings is 1. The number of aromatic nitrogens is 1. The quantitative estimate of drug-likeness (QED) is 0.389. The first-order valence-corrected chi connectivity index (χ1v) is 9.25. The molecule has 0 saturated carbocycles. The fourth-order valence-corrected chi connectivity index (χ4v) is 4.40. The van der Waals surface area contributed by atoms with E-state index in [1.807, 2.05) is 6.07 Å². The summed E-state index contributed by atoms with van der Waals surface area (Å²) in [5.74, 6) is 0. The van der Waals surface area contributed by atoms with Crippen LogP contribution in [0.4, 0.5) is 0 Å². The third-order valence-electron chi connectivity index (χ3n) is 4.35. The summed E-state index contributed by atoms with van der Waals surface area (Å²) in [6, 6.07) is 6.85. The standard InChI is InChI=1S/C18H8Cl5NO/c19-8-4-11-15(18(23)25)9-2-1-7-3-12(20)13(21)6-10(7)16(9)24-17(11)14(22)5-8/h3-6H,1-2H2. The van der Waals surface area contributed by atoms with Crippen molar-refractivity contribution in [2.45, 2.75) is 12.8 Å². The maximum atomic E-state index is 12.2. The molecule has 4 rings (SSSR count). The van der Waals surface area contributed by atoms with Crippen molar-refractivity contribution in [3.8, 4) is 11.3 Å². The second-order valence-electron chi connectivity index (χ2n) is 5.79. The van der Waals surface area contributed by atoms with Crippen molar-refractivity contribution in [2.75, 3.05) is 0 Å². The summed E-state index contributed by atoms with van der Waals surface area (Å²) in [5, 5.41) is 1.69. The van der Waals surface area contributed by atoms with E-state index in [1.165, 1.54) is 0 Å². The fraction of sp³-hybridized carbons (Fsp3) is 0.111. The summed E-state index contributed by atoms with van der Waals surface area (Å²) in [4.78, 5) is 16.9. The van der Waals surface area contributed by atoms with Crippen LogP contribution >= 0.6 is 58.0 Å². The Morgan fingerprint density at radius 2 is 1.64 bits per heavy atom. The summed E-state index contributed by atoms with van der Waals surface area (Å²) in [5.41, 5.74) is 4.15. The van der Waals surface area contributed by atoms with Gasteiger partial charge in [0.25, 0.3) is 5.24 Å². The summed E-state index contributed by atoms with van der Waals surface area (Å²) in [7, 11) is 0. The van der Waals surface area contributed by atoms with Gasteiger partial charge >= 0.3 is 0 Å². The number of halogens is 5. The molecule has 0 unspecified atom stereocenters. The zero-order chi connectivity index (χ0) is 17.9. The molecule has 0 amide bonds. The van der Waals surface area contributed by atoms with E-state index < -0.39 is 5.24 Å². The minimum atomic E-state index is -0.564. The summed E-state index contributed by atoms with van der Waals surface area (Å²) in [6.45, 7) is 0. The first kappa shape index (κ1) is 17.4. The lowest BCUT2D eigenvalue weighted by molar-refractivity contribution is 0.108. The molecule has 2 aromatic carbocycles. The topological polar surface area (TPSA) is 30.0 Å². The van der Waals surface area contributed by atoms with Gasteiger partial charge in [0.05, 0.1) is 26.3 Å². The Morgan fingerprint density at radius 3 is 2.36 bits per heavy atom. The van der Waals surface area contributed by atoms with Crippen LogP contribution in [0.1, 0.15) is 21.5 Å². The highest BCUT2D eigenvalue weighted by Crippen LogP contribution is 2.42. The van der Waals surface area contributed by atoms with Crippen LogP contribution in [-0.4, -0.2) is 10.2 Å². The Labute approximate surface area is 168 Å². The smallest absolute Gasteiger partial charge is 0.253 e. The Balaban J connectivity index is 2.16. The number of hydrogen-bond donors (Lipinski definition) is 0. The van der Waals surface area contributed by atoms with E-state index in [2.05, 4.69) is 0 Å². The molecule has 7 heteroatoms. The maximum absolute atomic E-state index is 12.2. The first-order chi connectivity index (χ1) is 11.9. The number of aryl methyl sites for hydroxylation is 1. The number of benzene rings is 2. The predicted molar refractivity (Wildman–Crippen MR) is 105 cm³/mol. The van der Waals surface area contributed by atoms with Crippen LogP contribution in [-0.2, 0) is 12.8 Å². The third kappa shape index (κ3) is 2.81. The minimum Gasteiger partial charge on any atom is -0.276 e. The third-order valence-corrected chi connectivity index (χ3v) is 5.77. The van der Waals surface area contributed by atoms with Crippen LogP contribution in [0.15, 0.2) is 24.3 Å². The number of rotatable bonds is 1. The van der Waals surface area contributed by atoms with Crippen molar-refractivity contribution in [1.82, 2.24) is 4.98 Å². The Hall–Kier alpha value is -1.03. The van der Waals surface area contributed by atoms with Crippen molar-refractivity contribution < 1.29 is 4.79 Å². The lowest BCUT2D eigenvalue weighted by Gasteiger charge is -2.23. The summed E-state index contributed by atoms with van der Waals surface area (Å²) in [6.07, 6.45) is 1.32. The lowest BCUT2D eigenvalue weighted by Crippen LogP contribution is -2.12. The van der Waals surface area contributed by atoms with Crippen LogP contribution in [0.25, 0.3) is 22.2 Å². The van der Waals surface area contributed by atoms with Crippen LogP contribution in [0.2, 0.25) is 20.1 Å². The van der Waals surface area contributed by atoms with Gasteiger partial charge in [0.2, 0.25) is 0 Å².